The van der Waals surface area contributed by atoms with Crippen molar-refractivity contribution in [3.05, 3.63) is 35.4 Å². The molecule has 2 heterocycles. The smallest absolute Gasteiger partial charge is 0.222 e. The van der Waals surface area contributed by atoms with Crippen molar-refractivity contribution in [1.29, 1.82) is 0 Å². The lowest BCUT2D eigenvalue weighted by Gasteiger charge is -2.46. The summed E-state index contributed by atoms with van der Waals surface area (Å²) in [6.07, 6.45) is 4.19. The van der Waals surface area contributed by atoms with E-state index in [4.69, 9.17) is 0 Å². The number of nitrogens with one attached hydrogen (secondary N) is 1. The first-order valence-electron chi connectivity index (χ1n) is 9.21. The number of carbonyl (C=O) groups excluding carboxylic acids is 1. The topological polar surface area (TPSA) is 35.6 Å². The fraction of sp³-hybridized carbons (Fsp3) is 0.650. The summed E-state index contributed by atoms with van der Waals surface area (Å²) in [4.78, 5) is 17.0. The minimum Gasteiger partial charge on any atom is -0.340 e. The Bertz CT molecular complexity index is 578. The van der Waals surface area contributed by atoms with Gasteiger partial charge in [0.2, 0.25) is 5.91 Å². The van der Waals surface area contributed by atoms with Gasteiger partial charge in [0.05, 0.1) is 6.04 Å². The van der Waals surface area contributed by atoms with E-state index in [0.717, 1.165) is 32.6 Å². The van der Waals surface area contributed by atoms with E-state index in [1.54, 1.807) is 0 Å². The zero-order valence-electron chi connectivity index (χ0n) is 15.3. The molecule has 1 N–H and O–H groups in total. The van der Waals surface area contributed by atoms with Crippen molar-refractivity contribution in [2.45, 2.75) is 38.6 Å². The second kappa shape index (κ2) is 7.24. The highest BCUT2D eigenvalue weighted by Crippen LogP contribution is 2.39. The minimum atomic E-state index is 0.256. The van der Waals surface area contributed by atoms with Crippen LogP contribution < -0.4 is 5.32 Å². The van der Waals surface area contributed by atoms with E-state index in [1.165, 1.54) is 24.0 Å². The number of hydrogen-bond donors (Lipinski definition) is 1. The Hall–Kier alpha value is -1.39. The highest BCUT2D eigenvalue weighted by molar-refractivity contribution is 5.77. The van der Waals surface area contributed by atoms with E-state index in [-0.39, 0.29) is 6.04 Å². The van der Waals surface area contributed by atoms with Gasteiger partial charge in [0, 0.05) is 19.5 Å². The molecule has 132 valence electrons. The minimum absolute atomic E-state index is 0.256. The third kappa shape index (κ3) is 3.65. The largest absolute Gasteiger partial charge is 0.340 e. The zero-order chi connectivity index (χ0) is 17.2. The maximum Gasteiger partial charge on any atom is 0.222 e. The highest BCUT2D eigenvalue weighted by atomic mass is 16.2. The second-order valence-electron chi connectivity index (χ2n) is 7.86. The van der Waals surface area contributed by atoms with Crippen LogP contribution in [0.2, 0.25) is 0 Å². The van der Waals surface area contributed by atoms with Gasteiger partial charge in [0.25, 0.3) is 0 Å². The van der Waals surface area contributed by atoms with Crippen molar-refractivity contribution in [3.63, 3.8) is 0 Å². The van der Waals surface area contributed by atoms with Crippen molar-refractivity contribution in [1.82, 2.24) is 15.1 Å². The molecular formula is C20H31N3O. The number of amides is 1. The van der Waals surface area contributed by atoms with Gasteiger partial charge >= 0.3 is 0 Å². The van der Waals surface area contributed by atoms with Crippen LogP contribution in [0.3, 0.4) is 0 Å². The molecule has 24 heavy (non-hydrogen) atoms. The molecule has 0 aromatic heterocycles. The van der Waals surface area contributed by atoms with Crippen molar-refractivity contribution < 1.29 is 4.79 Å². The number of hydrogen-bond acceptors (Lipinski definition) is 3. The molecule has 4 heteroatoms. The van der Waals surface area contributed by atoms with Crippen LogP contribution >= 0.6 is 0 Å². The number of rotatable bonds is 4. The fourth-order valence-electron chi connectivity index (χ4n) is 4.34. The molecule has 0 radical (unpaired) electrons. The van der Waals surface area contributed by atoms with E-state index in [9.17, 15) is 4.79 Å². The number of benzene rings is 1. The summed E-state index contributed by atoms with van der Waals surface area (Å²) in [6, 6.07) is 8.81. The van der Waals surface area contributed by atoms with Gasteiger partial charge in [-0.15, -0.1) is 0 Å². The van der Waals surface area contributed by atoms with Crippen molar-refractivity contribution in [2.75, 3.05) is 40.3 Å². The number of piperidine rings is 2. The van der Waals surface area contributed by atoms with E-state index < -0.39 is 0 Å². The van der Waals surface area contributed by atoms with Gasteiger partial charge in [-0.05, 0) is 69.9 Å². The van der Waals surface area contributed by atoms with E-state index >= 15 is 0 Å². The van der Waals surface area contributed by atoms with E-state index in [1.807, 2.05) is 0 Å². The zero-order valence-corrected chi connectivity index (χ0v) is 15.3. The van der Waals surface area contributed by atoms with E-state index in [0.29, 0.717) is 17.7 Å². The monoisotopic (exact) mass is 329 g/mol. The molecule has 4 nitrogen and oxygen atoms in total. The first kappa shape index (κ1) is 17.4. The van der Waals surface area contributed by atoms with Gasteiger partial charge < -0.3 is 15.1 Å². The third-order valence-electron chi connectivity index (χ3n) is 5.98. The molecule has 1 atom stereocenters. The maximum atomic E-state index is 12.6. The Morgan fingerprint density at radius 1 is 1.21 bits per heavy atom. The molecule has 0 unspecified atom stereocenters. The molecule has 1 aromatic rings. The first-order chi connectivity index (χ1) is 11.5. The Morgan fingerprint density at radius 3 is 2.58 bits per heavy atom. The van der Waals surface area contributed by atoms with Crippen molar-refractivity contribution in [3.8, 4) is 0 Å². The van der Waals surface area contributed by atoms with Crippen LogP contribution in [0.1, 0.15) is 42.9 Å². The lowest BCUT2D eigenvalue weighted by atomic mass is 9.72. The normalized spacial score (nSPS) is 22.2. The van der Waals surface area contributed by atoms with Crippen LogP contribution in [-0.4, -0.2) is 56.0 Å². The summed E-state index contributed by atoms with van der Waals surface area (Å²) in [5.41, 5.74) is 2.99. The van der Waals surface area contributed by atoms with Gasteiger partial charge in [-0.25, -0.2) is 0 Å². The van der Waals surface area contributed by atoms with Gasteiger partial charge in [-0.1, -0.05) is 24.3 Å². The molecule has 3 rings (SSSR count). The summed E-state index contributed by atoms with van der Waals surface area (Å²) in [5.74, 6) is 0.333. The van der Waals surface area contributed by atoms with Crippen LogP contribution in [-0.2, 0) is 4.79 Å². The van der Waals surface area contributed by atoms with Gasteiger partial charge in [-0.2, -0.15) is 0 Å². The molecular weight excluding hydrogens is 298 g/mol. The summed E-state index contributed by atoms with van der Waals surface area (Å²) in [5, 5.41) is 3.46. The Kier molecular flexibility index (Phi) is 5.26. The standard InChI is InChI=1S/C20H31N3O/c1-16-6-4-5-7-17(16)18(22(2)3)14-23-15-20(9-8-19(23)24)10-12-21-13-11-20/h4-7,18,21H,8-15H2,1-3H3/t18-/m0/s1. The molecule has 1 spiro atoms. The van der Waals surface area contributed by atoms with Gasteiger partial charge in [-0.3, -0.25) is 4.79 Å². The molecule has 0 bridgehead atoms. The Labute approximate surface area is 146 Å². The molecule has 1 aromatic carbocycles. The molecule has 2 fully saturated rings. The average Bonchev–Trinajstić information content (AvgIpc) is 2.57. The van der Waals surface area contributed by atoms with Crippen LogP contribution in [0.5, 0.6) is 0 Å². The average molecular weight is 329 g/mol. The molecule has 1 amide bonds. The molecule has 2 aliphatic rings. The van der Waals surface area contributed by atoms with Gasteiger partial charge in [0.15, 0.2) is 0 Å². The molecule has 2 saturated heterocycles. The molecule has 2 aliphatic heterocycles. The second-order valence-corrected chi connectivity index (χ2v) is 7.86. The van der Waals surface area contributed by atoms with Crippen molar-refractivity contribution in [2.24, 2.45) is 5.41 Å². The number of likely N-dealkylation sites (tertiary alicyclic amines) is 1. The van der Waals surface area contributed by atoms with Gasteiger partial charge in [0.1, 0.15) is 0 Å². The Morgan fingerprint density at radius 2 is 1.92 bits per heavy atom. The number of carbonyl (C=O) groups is 1. The van der Waals surface area contributed by atoms with Crippen LogP contribution in [0.25, 0.3) is 0 Å². The predicted octanol–water partition coefficient (Wildman–Crippen LogP) is 2.59. The van der Waals surface area contributed by atoms with E-state index in [2.05, 4.69) is 60.4 Å². The molecule has 0 saturated carbocycles. The number of aryl methyl sites for hydroxylation is 1. The Balaban J connectivity index is 1.78. The summed E-state index contributed by atoms with van der Waals surface area (Å²) < 4.78 is 0. The highest BCUT2D eigenvalue weighted by Gasteiger charge is 2.40. The van der Waals surface area contributed by atoms with Crippen LogP contribution in [0.4, 0.5) is 0 Å². The third-order valence-corrected chi connectivity index (χ3v) is 5.98. The quantitative estimate of drug-likeness (QED) is 0.922. The van der Waals surface area contributed by atoms with Crippen molar-refractivity contribution >= 4 is 5.91 Å². The number of likely N-dealkylation sites (N-methyl/N-ethyl adjacent to an activating group) is 1. The fourth-order valence-corrected chi connectivity index (χ4v) is 4.34. The summed E-state index contributed by atoms with van der Waals surface area (Å²) >= 11 is 0. The SMILES string of the molecule is Cc1ccccc1[C@H](CN1CC2(CCNCC2)CCC1=O)N(C)C. The summed E-state index contributed by atoms with van der Waals surface area (Å²) in [7, 11) is 4.23. The summed E-state index contributed by atoms with van der Waals surface area (Å²) in [6.45, 7) is 6.08. The van der Waals surface area contributed by atoms with Crippen LogP contribution in [0, 0.1) is 12.3 Å². The first-order valence-corrected chi connectivity index (χ1v) is 9.21. The predicted molar refractivity (Wildman–Crippen MR) is 98.0 cm³/mol. The lowest BCUT2D eigenvalue weighted by Crippen LogP contribution is -2.52. The molecule has 0 aliphatic carbocycles. The lowest BCUT2D eigenvalue weighted by molar-refractivity contribution is -0.139. The maximum absolute atomic E-state index is 12.6. The number of nitrogens with zero attached hydrogens (tertiary/aromatic N) is 2. The van der Waals surface area contributed by atoms with Crippen LogP contribution in [0.15, 0.2) is 24.3 Å².